The minimum Gasteiger partial charge on any atom is -0.451 e. The number of carbonyl (C=O) groups excluding carboxylic acids is 2. The standard InChI is InChI=1S/C14H13F2N3O3S2/c1-2-10-12(24-19-18-10)13(21)22-7-11(20)17-8-3-5-9(6-4-8)23-14(15)16/h3-6,14H,2,7H2,1H3,(H,17,20). The maximum Gasteiger partial charge on any atom is 0.352 e. The smallest absolute Gasteiger partial charge is 0.352 e. The molecule has 2 rings (SSSR count). The van der Waals surface area contributed by atoms with E-state index in [2.05, 4.69) is 14.9 Å². The van der Waals surface area contributed by atoms with Gasteiger partial charge in [-0.15, -0.1) is 5.10 Å². The molecule has 0 saturated carbocycles. The van der Waals surface area contributed by atoms with Crippen LogP contribution < -0.4 is 5.32 Å². The van der Waals surface area contributed by atoms with Gasteiger partial charge in [-0.2, -0.15) is 8.78 Å². The topological polar surface area (TPSA) is 81.2 Å². The molecule has 0 aliphatic carbocycles. The number of carbonyl (C=O) groups is 2. The third kappa shape index (κ3) is 5.24. The Morgan fingerprint density at radius 2 is 2.04 bits per heavy atom. The molecule has 0 unspecified atom stereocenters. The second-order valence-electron chi connectivity index (χ2n) is 4.43. The average Bonchev–Trinajstić information content (AvgIpc) is 3.02. The molecule has 1 heterocycles. The Hall–Kier alpha value is -2.07. The van der Waals surface area contributed by atoms with E-state index in [0.29, 0.717) is 34.5 Å². The molecular formula is C14H13F2N3O3S2. The van der Waals surface area contributed by atoms with Crippen LogP contribution in [0.4, 0.5) is 14.5 Å². The third-order valence-electron chi connectivity index (χ3n) is 2.77. The lowest BCUT2D eigenvalue weighted by Gasteiger charge is -2.07. The molecule has 10 heteroatoms. The predicted octanol–water partition coefficient (Wildman–Crippen LogP) is 3.21. The summed E-state index contributed by atoms with van der Waals surface area (Å²) in [4.78, 5) is 24.3. The van der Waals surface area contributed by atoms with E-state index in [1.807, 2.05) is 6.92 Å². The van der Waals surface area contributed by atoms with Gasteiger partial charge in [0.2, 0.25) is 0 Å². The molecule has 24 heavy (non-hydrogen) atoms. The number of nitrogens with one attached hydrogen (secondary N) is 1. The highest BCUT2D eigenvalue weighted by Gasteiger charge is 2.17. The number of hydrogen-bond acceptors (Lipinski definition) is 7. The van der Waals surface area contributed by atoms with E-state index in [9.17, 15) is 18.4 Å². The van der Waals surface area contributed by atoms with Crippen LogP contribution in [0.2, 0.25) is 0 Å². The van der Waals surface area contributed by atoms with Gasteiger partial charge in [-0.05, 0) is 42.2 Å². The second-order valence-corrected chi connectivity index (χ2v) is 6.25. The van der Waals surface area contributed by atoms with Crippen molar-refractivity contribution in [1.29, 1.82) is 0 Å². The summed E-state index contributed by atoms with van der Waals surface area (Å²) in [7, 11) is 0. The van der Waals surface area contributed by atoms with E-state index in [1.54, 1.807) is 0 Å². The van der Waals surface area contributed by atoms with Crippen LogP contribution in [-0.4, -0.2) is 33.8 Å². The molecule has 1 N–H and O–H groups in total. The minimum absolute atomic E-state index is 0.277. The fourth-order valence-corrected chi connectivity index (χ4v) is 2.85. The first-order valence-corrected chi connectivity index (χ1v) is 8.48. The summed E-state index contributed by atoms with van der Waals surface area (Å²) in [5.74, 6) is -3.69. The number of hydrogen-bond donors (Lipinski definition) is 1. The first-order valence-electron chi connectivity index (χ1n) is 6.82. The van der Waals surface area contributed by atoms with Gasteiger partial charge in [0.05, 0.1) is 5.69 Å². The molecule has 128 valence electrons. The molecule has 0 saturated heterocycles. The fraction of sp³-hybridized carbons (Fsp3) is 0.286. The van der Waals surface area contributed by atoms with Crippen molar-refractivity contribution in [2.45, 2.75) is 24.0 Å². The highest BCUT2D eigenvalue weighted by molar-refractivity contribution is 7.99. The Morgan fingerprint density at radius 3 is 2.67 bits per heavy atom. The number of aryl methyl sites for hydroxylation is 1. The van der Waals surface area contributed by atoms with Crippen molar-refractivity contribution >= 4 is 40.9 Å². The molecule has 0 radical (unpaired) electrons. The van der Waals surface area contributed by atoms with Crippen LogP contribution in [0.15, 0.2) is 29.2 Å². The van der Waals surface area contributed by atoms with Gasteiger partial charge in [-0.3, -0.25) is 4.79 Å². The largest absolute Gasteiger partial charge is 0.451 e. The van der Waals surface area contributed by atoms with Crippen molar-refractivity contribution in [2.24, 2.45) is 0 Å². The van der Waals surface area contributed by atoms with Gasteiger partial charge in [-0.25, -0.2) is 4.79 Å². The average molecular weight is 373 g/mol. The highest BCUT2D eigenvalue weighted by Crippen LogP contribution is 2.26. The van der Waals surface area contributed by atoms with Gasteiger partial charge >= 0.3 is 5.97 Å². The van der Waals surface area contributed by atoms with Gasteiger partial charge < -0.3 is 10.1 Å². The maximum atomic E-state index is 12.2. The quantitative estimate of drug-likeness (QED) is 0.593. The Labute approximate surface area is 144 Å². The van der Waals surface area contributed by atoms with Gasteiger partial charge in [0.15, 0.2) is 11.5 Å². The zero-order chi connectivity index (χ0) is 17.5. The highest BCUT2D eigenvalue weighted by atomic mass is 32.2. The lowest BCUT2D eigenvalue weighted by atomic mass is 10.3. The van der Waals surface area contributed by atoms with Crippen LogP contribution in [0.1, 0.15) is 22.3 Å². The number of thioether (sulfide) groups is 1. The van der Waals surface area contributed by atoms with Gasteiger partial charge in [0, 0.05) is 10.6 Å². The Balaban J connectivity index is 1.84. The van der Waals surface area contributed by atoms with Crippen LogP contribution in [0.3, 0.4) is 0 Å². The van der Waals surface area contributed by atoms with Crippen molar-refractivity contribution in [3.63, 3.8) is 0 Å². The van der Waals surface area contributed by atoms with Crippen molar-refractivity contribution in [3.8, 4) is 0 Å². The lowest BCUT2D eigenvalue weighted by molar-refractivity contribution is -0.119. The van der Waals surface area contributed by atoms with Crippen LogP contribution >= 0.6 is 23.3 Å². The van der Waals surface area contributed by atoms with Crippen LogP contribution in [0, 0.1) is 0 Å². The summed E-state index contributed by atoms with van der Waals surface area (Å²) in [6.07, 6.45) is 0.538. The molecular weight excluding hydrogens is 360 g/mol. The molecule has 1 aromatic carbocycles. The molecule has 0 aliphatic heterocycles. The van der Waals surface area contributed by atoms with E-state index >= 15 is 0 Å². The van der Waals surface area contributed by atoms with Crippen LogP contribution in [0.25, 0.3) is 0 Å². The van der Waals surface area contributed by atoms with E-state index in [1.165, 1.54) is 24.3 Å². The zero-order valence-electron chi connectivity index (χ0n) is 12.5. The van der Waals surface area contributed by atoms with E-state index in [4.69, 9.17) is 4.74 Å². The number of amides is 1. The molecule has 0 fully saturated rings. The molecule has 0 atom stereocenters. The number of anilines is 1. The SMILES string of the molecule is CCc1nnsc1C(=O)OCC(=O)Nc1ccc(SC(F)F)cc1. The number of aromatic nitrogens is 2. The van der Waals surface area contributed by atoms with E-state index < -0.39 is 24.2 Å². The van der Waals surface area contributed by atoms with Crippen molar-refractivity contribution in [1.82, 2.24) is 9.59 Å². The van der Waals surface area contributed by atoms with Gasteiger partial charge in [0.25, 0.3) is 11.7 Å². The molecule has 1 aromatic heterocycles. The van der Waals surface area contributed by atoms with Crippen LogP contribution in [0.5, 0.6) is 0 Å². The monoisotopic (exact) mass is 373 g/mol. The first-order chi connectivity index (χ1) is 11.5. The van der Waals surface area contributed by atoms with E-state index in [0.717, 1.165) is 11.5 Å². The van der Waals surface area contributed by atoms with Gasteiger partial charge in [0.1, 0.15) is 0 Å². The fourth-order valence-electron chi connectivity index (χ4n) is 1.71. The summed E-state index contributed by atoms with van der Waals surface area (Å²) in [5, 5.41) is 6.30. The number of nitrogens with zero attached hydrogens (tertiary/aromatic N) is 2. The number of halogens is 2. The first kappa shape index (κ1) is 18.3. The number of ether oxygens (including phenoxy) is 1. The van der Waals surface area contributed by atoms with Crippen LogP contribution in [-0.2, 0) is 16.0 Å². The Morgan fingerprint density at radius 1 is 1.33 bits per heavy atom. The zero-order valence-corrected chi connectivity index (χ0v) is 14.1. The van der Waals surface area contributed by atoms with Crippen molar-refractivity contribution in [2.75, 3.05) is 11.9 Å². The number of rotatable bonds is 7. The predicted molar refractivity (Wildman–Crippen MR) is 86.5 cm³/mol. The molecule has 0 spiro atoms. The number of alkyl halides is 2. The Bertz CT molecular complexity index is 708. The number of esters is 1. The Kier molecular flexibility index (Phi) is 6.62. The minimum atomic E-state index is -2.50. The second kappa shape index (κ2) is 8.69. The maximum absolute atomic E-state index is 12.2. The summed E-state index contributed by atoms with van der Waals surface area (Å²) >= 11 is 1.33. The molecule has 0 bridgehead atoms. The summed E-state index contributed by atoms with van der Waals surface area (Å²) in [6, 6.07) is 5.92. The number of benzene rings is 1. The molecule has 2 aromatic rings. The van der Waals surface area contributed by atoms with Crippen molar-refractivity contribution < 1.29 is 23.1 Å². The third-order valence-corrected chi connectivity index (χ3v) is 4.24. The van der Waals surface area contributed by atoms with Crippen molar-refractivity contribution in [3.05, 3.63) is 34.8 Å². The summed E-state index contributed by atoms with van der Waals surface area (Å²) in [5.41, 5.74) is 0.945. The summed E-state index contributed by atoms with van der Waals surface area (Å²) in [6.45, 7) is 1.36. The molecule has 1 amide bonds. The van der Waals surface area contributed by atoms with Gasteiger partial charge in [-0.1, -0.05) is 23.2 Å². The normalized spacial score (nSPS) is 10.7. The lowest BCUT2D eigenvalue weighted by Crippen LogP contribution is -2.21. The summed E-state index contributed by atoms with van der Waals surface area (Å²) < 4.78 is 33.0. The van der Waals surface area contributed by atoms with E-state index in [-0.39, 0.29) is 4.88 Å². The molecule has 0 aliphatic rings. The molecule has 6 nitrogen and oxygen atoms in total.